The second-order valence-corrected chi connectivity index (χ2v) is 7.87. The average Bonchev–Trinajstić information content (AvgIpc) is 3.02. The molecule has 1 saturated heterocycles. The van der Waals surface area contributed by atoms with E-state index >= 15 is 0 Å². The summed E-state index contributed by atoms with van der Waals surface area (Å²) in [7, 11) is 3.05. The molecule has 7 nitrogen and oxygen atoms in total. The molecule has 7 heteroatoms. The number of aliphatic hydroxyl groups excluding tert-OH is 1. The second-order valence-electron chi connectivity index (χ2n) is 7.87. The number of carbonyl (C=O) groups is 2. The summed E-state index contributed by atoms with van der Waals surface area (Å²) in [6, 6.07) is 11.5. The van der Waals surface area contributed by atoms with Crippen LogP contribution in [0.15, 0.2) is 48.0 Å². The van der Waals surface area contributed by atoms with Crippen LogP contribution < -0.4 is 9.47 Å². The molecule has 1 atom stereocenters. The van der Waals surface area contributed by atoms with E-state index in [1.165, 1.54) is 19.1 Å². The summed E-state index contributed by atoms with van der Waals surface area (Å²) in [6.07, 6.45) is 0.00445. The normalized spacial score (nSPS) is 17.8. The zero-order valence-electron chi connectivity index (χ0n) is 19.0. The van der Waals surface area contributed by atoms with Gasteiger partial charge >= 0.3 is 0 Å². The molecular weight excluding hydrogens is 410 g/mol. The van der Waals surface area contributed by atoms with Crippen molar-refractivity contribution in [2.24, 2.45) is 0 Å². The standard InChI is InChI=1S/C25H29NO6/c1-15(2)32-19-11-10-17(14-16(19)3)23(27)21-22(18-8-6-7-9-20(18)31-5)26(12-13-30-4)25(29)24(21)28/h6-11,14-15,22,27H,12-13H2,1-5H3/b23-21+. The number of hydrogen-bond donors (Lipinski definition) is 1. The quantitative estimate of drug-likeness (QED) is 0.382. The Kier molecular flexibility index (Phi) is 7.20. The molecule has 1 aliphatic heterocycles. The first-order valence-corrected chi connectivity index (χ1v) is 10.5. The maximum Gasteiger partial charge on any atom is 0.295 e. The van der Waals surface area contributed by atoms with Crippen LogP contribution in [0.1, 0.15) is 36.6 Å². The van der Waals surface area contributed by atoms with Crippen molar-refractivity contribution in [3.8, 4) is 11.5 Å². The Balaban J connectivity index is 2.16. The van der Waals surface area contributed by atoms with Gasteiger partial charge in [-0.1, -0.05) is 18.2 Å². The van der Waals surface area contributed by atoms with Gasteiger partial charge in [-0.2, -0.15) is 0 Å². The van der Waals surface area contributed by atoms with E-state index in [9.17, 15) is 14.7 Å². The Morgan fingerprint density at radius 3 is 2.44 bits per heavy atom. The van der Waals surface area contributed by atoms with Crippen molar-refractivity contribution in [2.75, 3.05) is 27.4 Å². The summed E-state index contributed by atoms with van der Waals surface area (Å²) in [6.45, 7) is 6.17. The number of methoxy groups -OCH3 is 2. The first kappa shape index (κ1) is 23.3. The van der Waals surface area contributed by atoms with Crippen LogP contribution >= 0.6 is 0 Å². The van der Waals surface area contributed by atoms with Crippen LogP contribution in [0.5, 0.6) is 11.5 Å². The molecular formula is C25H29NO6. The van der Waals surface area contributed by atoms with Gasteiger partial charge in [0.2, 0.25) is 0 Å². The van der Waals surface area contributed by atoms with Crippen LogP contribution in [0, 0.1) is 6.92 Å². The minimum atomic E-state index is -0.798. The van der Waals surface area contributed by atoms with E-state index in [1.54, 1.807) is 42.5 Å². The number of benzene rings is 2. The van der Waals surface area contributed by atoms with E-state index < -0.39 is 17.7 Å². The molecule has 1 fully saturated rings. The van der Waals surface area contributed by atoms with Crippen molar-refractivity contribution in [3.05, 3.63) is 64.7 Å². The monoisotopic (exact) mass is 439 g/mol. The van der Waals surface area contributed by atoms with Crippen molar-refractivity contribution in [1.29, 1.82) is 0 Å². The molecule has 0 saturated carbocycles. The summed E-state index contributed by atoms with van der Waals surface area (Å²) in [5.74, 6) is -0.452. The maximum atomic E-state index is 13.1. The van der Waals surface area contributed by atoms with Gasteiger partial charge < -0.3 is 24.2 Å². The highest BCUT2D eigenvalue weighted by molar-refractivity contribution is 6.46. The minimum absolute atomic E-state index is 0.00445. The number of hydrogen-bond acceptors (Lipinski definition) is 6. The van der Waals surface area contributed by atoms with Gasteiger partial charge in [0.1, 0.15) is 17.3 Å². The van der Waals surface area contributed by atoms with Crippen LogP contribution in [0.25, 0.3) is 5.76 Å². The van der Waals surface area contributed by atoms with Crippen LogP contribution in [0.3, 0.4) is 0 Å². The fourth-order valence-corrected chi connectivity index (χ4v) is 3.85. The first-order chi connectivity index (χ1) is 15.3. The highest BCUT2D eigenvalue weighted by Gasteiger charge is 2.46. The van der Waals surface area contributed by atoms with Gasteiger partial charge in [-0.3, -0.25) is 9.59 Å². The van der Waals surface area contributed by atoms with Gasteiger partial charge in [0, 0.05) is 24.8 Å². The van der Waals surface area contributed by atoms with Crippen molar-refractivity contribution < 1.29 is 28.9 Å². The molecule has 0 bridgehead atoms. The van der Waals surface area contributed by atoms with Crippen molar-refractivity contribution in [1.82, 2.24) is 4.90 Å². The molecule has 2 aromatic carbocycles. The van der Waals surface area contributed by atoms with E-state index in [0.717, 1.165) is 5.56 Å². The van der Waals surface area contributed by atoms with Crippen molar-refractivity contribution in [3.63, 3.8) is 0 Å². The largest absolute Gasteiger partial charge is 0.507 e. The van der Waals surface area contributed by atoms with E-state index in [0.29, 0.717) is 22.6 Å². The van der Waals surface area contributed by atoms with Crippen LogP contribution in [-0.4, -0.2) is 55.2 Å². The van der Waals surface area contributed by atoms with E-state index in [1.807, 2.05) is 20.8 Å². The third-order valence-electron chi connectivity index (χ3n) is 5.32. The molecule has 1 amide bonds. The Labute approximate surface area is 188 Å². The summed E-state index contributed by atoms with van der Waals surface area (Å²) in [4.78, 5) is 27.4. The predicted molar refractivity (Wildman–Crippen MR) is 121 cm³/mol. The number of ether oxygens (including phenoxy) is 3. The summed E-state index contributed by atoms with van der Waals surface area (Å²) < 4.78 is 16.4. The number of rotatable bonds is 8. The molecule has 32 heavy (non-hydrogen) atoms. The van der Waals surface area contributed by atoms with E-state index in [2.05, 4.69) is 0 Å². The Hall–Kier alpha value is -3.32. The molecule has 3 rings (SSSR count). The smallest absolute Gasteiger partial charge is 0.295 e. The molecule has 0 aliphatic carbocycles. The third-order valence-corrected chi connectivity index (χ3v) is 5.32. The van der Waals surface area contributed by atoms with E-state index in [-0.39, 0.29) is 30.6 Å². The lowest BCUT2D eigenvalue weighted by Gasteiger charge is -2.26. The predicted octanol–water partition coefficient (Wildman–Crippen LogP) is 3.86. The van der Waals surface area contributed by atoms with E-state index in [4.69, 9.17) is 14.2 Å². The number of likely N-dealkylation sites (tertiary alicyclic amines) is 1. The zero-order valence-corrected chi connectivity index (χ0v) is 19.0. The zero-order chi connectivity index (χ0) is 23.4. The number of aliphatic hydroxyl groups is 1. The van der Waals surface area contributed by atoms with Crippen molar-refractivity contribution >= 4 is 17.4 Å². The number of para-hydroxylation sites is 1. The molecule has 170 valence electrons. The lowest BCUT2D eigenvalue weighted by Crippen LogP contribution is -2.32. The average molecular weight is 440 g/mol. The fraction of sp³-hybridized carbons (Fsp3) is 0.360. The second kappa shape index (κ2) is 9.87. The number of amides is 1. The third kappa shape index (κ3) is 4.48. The number of carbonyl (C=O) groups excluding carboxylic acids is 2. The fourth-order valence-electron chi connectivity index (χ4n) is 3.85. The Morgan fingerprint density at radius 2 is 1.81 bits per heavy atom. The minimum Gasteiger partial charge on any atom is -0.507 e. The number of aryl methyl sites for hydroxylation is 1. The molecule has 1 unspecified atom stereocenters. The highest BCUT2D eigenvalue weighted by atomic mass is 16.5. The molecule has 1 aliphatic rings. The summed E-state index contributed by atoms with van der Waals surface area (Å²) >= 11 is 0. The topological polar surface area (TPSA) is 85.3 Å². The van der Waals surface area contributed by atoms with Gasteiger partial charge in [-0.25, -0.2) is 0 Å². The maximum absolute atomic E-state index is 13.1. The van der Waals surface area contributed by atoms with Gasteiger partial charge in [0.05, 0.1) is 31.4 Å². The molecule has 1 heterocycles. The molecule has 0 radical (unpaired) electrons. The first-order valence-electron chi connectivity index (χ1n) is 10.5. The van der Waals surface area contributed by atoms with Gasteiger partial charge in [0.15, 0.2) is 0 Å². The number of Topliss-reactive ketones (excluding diaryl/α,β-unsaturated/α-hetero) is 1. The summed E-state index contributed by atoms with van der Waals surface area (Å²) in [5.41, 5.74) is 1.88. The highest BCUT2D eigenvalue weighted by Crippen LogP contribution is 2.42. The lowest BCUT2D eigenvalue weighted by molar-refractivity contribution is -0.140. The van der Waals surface area contributed by atoms with Crippen molar-refractivity contribution in [2.45, 2.75) is 32.9 Å². The van der Waals surface area contributed by atoms with Crippen LogP contribution in [-0.2, 0) is 14.3 Å². The molecule has 0 aromatic heterocycles. The van der Waals surface area contributed by atoms with Gasteiger partial charge in [-0.15, -0.1) is 0 Å². The Morgan fingerprint density at radius 1 is 1.09 bits per heavy atom. The molecule has 0 spiro atoms. The molecule has 2 aromatic rings. The number of ketones is 1. The SMILES string of the molecule is COCCN1C(=O)C(=O)/C(=C(/O)c2ccc(OC(C)C)c(C)c2)C1c1ccccc1OC. The van der Waals surface area contributed by atoms with Gasteiger partial charge in [-0.05, 0) is 50.6 Å². The van der Waals surface area contributed by atoms with Crippen LogP contribution in [0.2, 0.25) is 0 Å². The van der Waals surface area contributed by atoms with Gasteiger partial charge in [0.25, 0.3) is 11.7 Å². The number of nitrogens with zero attached hydrogens (tertiary/aromatic N) is 1. The summed E-state index contributed by atoms with van der Waals surface area (Å²) in [5, 5.41) is 11.2. The molecule has 1 N–H and O–H groups in total. The lowest BCUT2D eigenvalue weighted by atomic mass is 9.94. The Bertz CT molecular complexity index is 1040. The van der Waals surface area contributed by atoms with Crippen LogP contribution in [0.4, 0.5) is 0 Å².